The van der Waals surface area contributed by atoms with E-state index in [0.29, 0.717) is 25.3 Å². The standard InChI is InChI=1S/C10H18FNO/c1-3-7(2)12-8(13)9-4-10(11,5-9)6-9/h7-8,12-13H,3-6H2,1-2H3/t7-,8?,9?,10?/m1/s1. The van der Waals surface area contributed by atoms with Crippen LogP contribution >= 0.6 is 0 Å². The Balaban J connectivity index is 1.82. The van der Waals surface area contributed by atoms with Crippen LogP contribution in [0, 0.1) is 5.41 Å². The van der Waals surface area contributed by atoms with E-state index < -0.39 is 11.9 Å². The van der Waals surface area contributed by atoms with Gasteiger partial charge in [-0.25, -0.2) is 4.39 Å². The van der Waals surface area contributed by atoms with Crippen molar-refractivity contribution in [1.82, 2.24) is 5.32 Å². The summed E-state index contributed by atoms with van der Waals surface area (Å²) in [6.07, 6.45) is 2.17. The monoisotopic (exact) mass is 187 g/mol. The quantitative estimate of drug-likeness (QED) is 0.655. The lowest BCUT2D eigenvalue weighted by Crippen LogP contribution is -2.72. The normalized spacial score (nSPS) is 46.2. The van der Waals surface area contributed by atoms with Gasteiger partial charge in [-0.05, 0) is 32.6 Å². The minimum absolute atomic E-state index is 0.113. The number of hydrogen-bond donors (Lipinski definition) is 2. The molecule has 0 spiro atoms. The van der Waals surface area contributed by atoms with Crippen molar-refractivity contribution in [1.29, 1.82) is 0 Å². The van der Waals surface area contributed by atoms with E-state index in [2.05, 4.69) is 12.2 Å². The molecule has 0 aromatic rings. The van der Waals surface area contributed by atoms with E-state index in [1.54, 1.807) is 0 Å². The van der Waals surface area contributed by atoms with E-state index >= 15 is 0 Å². The highest BCUT2D eigenvalue weighted by atomic mass is 19.1. The molecule has 0 radical (unpaired) electrons. The third kappa shape index (κ3) is 1.29. The van der Waals surface area contributed by atoms with Crippen LogP contribution in [0.1, 0.15) is 39.5 Å². The second-order valence-electron chi connectivity index (χ2n) is 4.92. The molecule has 3 heteroatoms. The molecular formula is C10H18FNO. The van der Waals surface area contributed by atoms with Crippen molar-refractivity contribution in [3.05, 3.63) is 0 Å². The smallest absolute Gasteiger partial charge is 0.113 e. The van der Waals surface area contributed by atoms with Crippen LogP contribution in [0.4, 0.5) is 4.39 Å². The average Bonchev–Trinajstić information content (AvgIpc) is 1.96. The number of alkyl halides is 1. The summed E-state index contributed by atoms with van der Waals surface area (Å²) < 4.78 is 13.2. The van der Waals surface area contributed by atoms with E-state index in [9.17, 15) is 9.50 Å². The maximum Gasteiger partial charge on any atom is 0.113 e. The summed E-state index contributed by atoms with van der Waals surface area (Å²) in [5, 5.41) is 12.9. The van der Waals surface area contributed by atoms with Gasteiger partial charge < -0.3 is 5.11 Å². The Bertz CT molecular complexity index is 199. The highest BCUT2D eigenvalue weighted by Crippen LogP contribution is 2.70. The van der Waals surface area contributed by atoms with Gasteiger partial charge in [-0.3, -0.25) is 5.32 Å². The van der Waals surface area contributed by atoms with E-state index in [-0.39, 0.29) is 5.41 Å². The molecule has 0 amide bonds. The Morgan fingerprint density at radius 3 is 2.38 bits per heavy atom. The fourth-order valence-electron chi connectivity index (χ4n) is 2.59. The largest absolute Gasteiger partial charge is 0.378 e. The van der Waals surface area contributed by atoms with Crippen molar-refractivity contribution in [3.63, 3.8) is 0 Å². The second-order valence-corrected chi connectivity index (χ2v) is 4.92. The molecule has 0 saturated heterocycles. The summed E-state index contributed by atoms with van der Waals surface area (Å²) in [6, 6.07) is 0.319. The maximum absolute atomic E-state index is 13.2. The summed E-state index contributed by atoms with van der Waals surface area (Å²) in [7, 11) is 0. The van der Waals surface area contributed by atoms with Crippen LogP contribution in [0.3, 0.4) is 0 Å². The zero-order chi connectivity index (χ0) is 9.69. The Morgan fingerprint density at radius 2 is 2.00 bits per heavy atom. The van der Waals surface area contributed by atoms with Gasteiger partial charge in [0.15, 0.2) is 0 Å². The van der Waals surface area contributed by atoms with Crippen LogP contribution in [-0.2, 0) is 0 Å². The highest BCUT2D eigenvalue weighted by Gasteiger charge is 2.71. The molecule has 0 aliphatic heterocycles. The predicted molar refractivity (Wildman–Crippen MR) is 49.0 cm³/mol. The molecule has 3 fully saturated rings. The third-order valence-corrected chi connectivity index (χ3v) is 3.64. The molecule has 0 aromatic carbocycles. The summed E-state index contributed by atoms with van der Waals surface area (Å²) in [5.41, 5.74) is -1.02. The summed E-state index contributed by atoms with van der Waals surface area (Å²) >= 11 is 0. The van der Waals surface area contributed by atoms with Gasteiger partial charge in [-0.2, -0.15) is 0 Å². The molecule has 1 unspecified atom stereocenters. The van der Waals surface area contributed by atoms with Gasteiger partial charge in [0.1, 0.15) is 11.9 Å². The lowest BCUT2D eigenvalue weighted by Gasteiger charge is -2.67. The number of aliphatic hydroxyl groups is 1. The Labute approximate surface area is 78.5 Å². The first-order chi connectivity index (χ1) is 6.00. The van der Waals surface area contributed by atoms with Crippen molar-refractivity contribution in [2.45, 2.75) is 57.5 Å². The predicted octanol–water partition coefficient (Wildman–Crippen LogP) is 1.59. The molecule has 2 bridgehead atoms. The third-order valence-electron chi connectivity index (χ3n) is 3.64. The van der Waals surface area contributed by atoms with Crippen molar-refractivity contribution < 1.29 is 9.50 Å². The highest BCUT2D eigenvalue weighted by molar-refractivity contribution is 5.21. The molecule has 2 nitrogen and oxygen atoms in total. The molecule has 3 aliphatic rings. The van der Waals surface area contributed by atoms with E-state index in [1.807, 2.05) is 6.92 Å². The first-order valence-electron chi connectivity index (χ1n) is 5.13. The van der Waals surface area contributed by atoms with Crippen molar-refractivity contribution in [3.8, 4) is 0 Å². The molecule has 13 heavy (non-hydrogen) atoms. The minimum atomic E-state index is -0.905. The average molecular weight is 187 g/mol. The van der Waals surface area contributed by atoms with Gasteiger partial charge in [0.25, 0.3) is 0 Å². The summed E-state index contributed by atoms with van der Waals surface area (Å²) in [6.45, 7) is 4.11. The first-order valence-corrected chi connectivity index (χ1v) is 5.13. The molecule has 3 aliphatic carbocycles. The molecule has 2 N–H and O–H groups in total. The Hall–Kier alpha value is -0.150. The van der Waals surface area contributed by atoms with Crippen LogP contribution < -0.4 is 5.32 Å². The Kier molecular flexibility index (Phi) is 1.93. The molecule has 3 rings (SSSR count). The SMILES string of the molecule is CC[C@@H](C)NC(O)C12CC(F)(C1)C2. The molecular weight excluding hydrogens is 169 g/mol. The van der Waals surface area contributed by atoms with Gasteiger partial charge in [0.2, 0.25) is 0 Å². The van der Waals surface area contributed by atoms with E-state index in [4.69, 9.17) is 0 Å². The topological polar surface area (TPSA) is 32.3 Å². The van der Waals surface area contributed by atoms with Gasteiger partial charge in [-0.15, -0.1) is 0 Å². The van der Waals surface area contributed by atoms with Gasteiger partial charge in [0, 0.05) is 11.5 Å². The van der Waals surface area contributed by atoms with E-state index in [0.717, 1.165) is 6.42 Å². The molecule has 76 valence electrons. The molecule has 0 heterocycles. The fourth-order valence-corrected chi connectivity index (χ4v) is 2.59. The number of halogens is 1. The van der Waals surface area contributed by atoms with Crippen LogP contribution in [0.5, 0.6) is 0 Å². The molecule has 2 atom stereocenters. The summed E-state index contributed by atoms with van der Waals surface area (Å²) in [4.78, 5) is 0. The number of aliphatic hydroxyl groups excluding tert-OH is 1. The van der Waals surface area contributed by atoms with Crippen LogP contribution in [0.15, 0.2) is 0 Å². The molecule has 3 saturated carbocycles. The summed E-state index contributed by atoms with van der Waals surface area (Å²) in [5.74, 6) is 0. The zero-order valence-electron chi connectivity index (χ0n) is 8.31. The van der Waals surface area contributed by atoms with Crippen LogP contribution in [-0.4, -0.2) is 23.0 Å². The number of hydrogen-bond acceptors (Lipinski definition) is 2. The zero-order valence-corrected chi connectivity index (χ0v) is 8.31. The minimum Gasteiger partial charge on any atom is -0.378 e. The van der Waals surface area contributed by atoms with Crippen molar-refractivity contribution in [2.75, 3.05) is 0 Å². The number of nitrogens with one attached hydrogen (secondary N) is 1. The van der Waals surface area contributed by atoms with Gasteiger partial charge >= 0.3 is 0 Å². The van der Waals surface area contributed by atoms with Crippen LogP contribution in [0.25, 0.3) is 0 Å². The maximum atomic E-state index is 13.2. The van der Waals surface area contributed by atoms with Crippen LogP contribution in [0.2, 0.25) is 0 Å². The van der Waals surface area contributed by atoms with Gasteiger partial charge in [-0.1, -0.05) is 6.92 Å². The van der Waals surface area contributed by atoms with Crippen molar-refractivity contribution in [2.24, 2.45) is 5.41 Å². The lowest BCUT2D eigenvalue weighted by molar-refractivity contribution is -0.266. The van der Waals surface area contributed by atoms with E-state index in [1.165, 1.54) is 0 Å². The van der Waals surface area contributed by atoms with Crippen molar-refractivity contribution >= 4 is 0 Å². The number of rotatable bonds is 4. The fraction of sp³-hybridized carbons (Fsp3) is 1.00. The Morgan fingerprint density at radius 1 is 1.46 bits per heavy atom. The van der Waals surface area contributed by atoms with Gasteiger partial charge in [0.05, 0.1) is 0 Å². The second kappa shape index (κ2) is 2.67. The first kappa shape index (κ1) is 9.41. The lowest BCUT2D eigenvalue weighted by atomic mass is 9.41. The molecule has 0 aromatic heterocycles.